The van der Waals surface area contributed by atoms with Crippen LogP contribution in [-0.2, 0) is 6.54 Å². The van der Waals surface area contributed by atoms with Crippen molar-refractivity contribution >= 4 is 5.91 Å². The monoisotopic (exact) mass is 384 g/mol. The minimum Gasteiger partial charge on any atom is -0.335 e. The molecule has 1 aromatic heterocycles. The second-order valence-corrected chi connectivity index (χ2v) is 7.87. The lowest BCUT2D eigenvalue weighted by Crippen LogP contribution is -2.47. The number of aromatic nitrogens is 3. The molecule has 0 aliphatic carbocycles. The quantitative estimate of drug-likeness (QED) is 0.695. The van der Waals surface area contributed by atoms with E-state index in [1.165, 1.54) is 5.56 Å². The van der Waals surface area contributed by atoms with Crippen molar-refractivity contribution in [1.29, 1.82) is 0 Å². The second-order valence-electron chi connectivity index (χ2n) is 7.87. The van der Waals surface area contributed by atoms with Gasteiger partial charge in [0.15, 0.2) is 5.69 Å². The van der Waals surface area contributed by atoms with Gasteiger partial charge < -0.3 is 14.7 Å². The molecule has 1 atom stereocenters. The Hall–Kier alpha value is -2.25. The topological polar surface area (TPSA) is 57.5 Å². The van der Waals surface area contributed by atoms with E-state index in [4.69, 9.17) is 0 Å². The highest BCUT2D eigenvalue weighted by molar-refractivity contribution is 5.92. The lowest BCUT2D eigenvalue weighted by molar-refractivity contribution is 0.0658. The fourth-order valence-electron chi connectivity index (χ4n) is 3.42. The minimum absolute atomic E-state index is 0.00982. The highest BCUT2D eigenvalue weighted by Gasteiger charge is 2.22. The third-order valence-corrected chi connectivity index (χ3v) is 5.57. The van der Waals surface area contributed by atoms with Gasteiger partial charge in [-0.15, -0.1) is 5.10 Å². The van der Waals surface area contributed by atoms with Crippen LogP contribution < -0.4 is 0 Å². The average molecular weight is 385 g/mol. The van der Waals surface area contributed by atoms with Crippen LogP contribution in [-0.4, -0.2) is 89.0 Å². The number of carbonyl (C=O) groups is 1. The summed E-state index contributed by atoms with van der Waals surface area (Å²) in [5, 5.41) is 8.24. The summed E-state index contributed by atoms with van der Waals surface area (Å²) in [5.41, 5.74) is 1.84. The first kappa shape index (κ1) is 20.5. The van der Waals surface area contributed by atoms with Crippen LogP contribution >= 0.6 is 0 Å². The molecular weight excluding hydrogens is 352 g/mol. The normalized spacial score (nSPS) is 16.5. The SMILES string of the molecule is C[C@@H](CCN(C)CCn1cc(C(=O)N2CCN(C)CC2)nn1)c1ccccc1. The summed E-state index contributed by atoms with van der Waals surface area (Å²) in [4.78, 5) is 19.0. The van der Waals surface area contributed by atoms with Crippen molar-refractivity contribution in [1.82, 2.24) is 29.7 Å². The minimum atomic E-state index is -0.00982. The molecule has 1 aromatic carbocycles. The van der Waals surface area contributed by atoms with Crippen molar-refractivity contribution in [2.24, 2.45) is 0 Å². The third-order valence-electron chi connectivity index (χ3n) is 5.57. The van der Waals surface area contributed by atoms with Crippen molar-refractivity contribution in [3.63, 3.8) is 0 Å². The maximum absolute atomic E-state index is 12.6. The lowest BCUT2D eigenvalue weighted by Gasteiger charge is -2.31. The molecule has 1 amide bonds. The van der Waals surface area contributed by atoms with Gasteiger partial charge in [0.2, 0.25) is 0 Å². The molecule has 1 aliphatic heterocycles. The van der Waals surface area contributed by atoms with Gasteiger partial charge in [0.05, 0.1) is 12.7 Å². The maximum atomic E-state index is 12.6. The molecule has 0 N–H and O–H groups in total. The summed E-state index contributed by atoms with van der Waals surface area (Å²) in [7, 11) is 4.21. The van der Waals surface area contributed by atoms with E-state index in [1.807, 2.05) is 4.90 Å². The van der Waals surface area contributed by atoms with Crippen molar-refractivity contribution < 1.29 is 4.79 Å². The van der Waals surface area contributed by atoms with E-state index in [0.717, 1.165) is 52.2 Å². The van der Waals surface area contributed by atoms with Gasteiger partial charge in [-0.25, -0.2) is 0 Å². The highest BCUT2D eigenvalue weighted by Crippen LogP contribution is 2.18. The molecular formula is C21H32N6O. The van der Waals surface area contributed by atoms with Crippen molar-refractivity contribution in [2.45, 2.75) is 25.8 Å². The van der Waals surface area contributed by atoms with Gasteiger partial charge in [0.25, 0.3) is 5.91 Å². The first-order valence-corrected chi connectivity index (χ1v) is 10.1. The summed E-state index contributed by atoms with van der Waals surface area (Å²) in [6.45, 7) is 8.24. The number of hydrogen-bond donors (Lipinski definition) is 0. The molecule has 2 heterocycles. The average Bonchev–Trinajstić information content (AvgIpc) is 3.20. The highest BCUT2D eigenvalue weighted by atomic mass is 16.2. The lowest BCUT2D eigenvalue weighted by atomic mass is 9.98. The van der Waals surface area contributed by atoms with E-state index in [2.05, 4.69) is 71.5 Å². The molecule has 152 valence electrons. The Morgan fingerprint density at radius 3 is 2.57 bits per heavy atom. The predicted molar refractivity (Wildman–Crippen MR) is 110 cm³/mol. The van der Waals surface area contributed by atoms with Crippen molar-refractivity contribution in [2.75, 3.05) is 53.4 Å². The van der Waals surface area contributed by atoms with E-state index < -0.39 is 0 Å². The standard InChI is InChI=1S/C21H32N6O/c1-18(19-7-5-4-6-8-19)9-10-24(2)13-16-27-17-20(22-23-27)21(28)26-14-11-25(3)12-15-26/h4-8,17-18H,9-16H2,1-3H3/t18-/m0/s1. The first-order chi connectivity index (χ1) is 13.5. The Balaban J connectivity index is 1.42. The fourth-order valence-corrected chi connectivity index (χ4v) is 3.42. The molecule has 1 aliphatic rings. The van der Waals surface area contributed by atoms with Crippen LogP contribution in [0.15, 0.2) is 36.5 Å². The molecule has 0 radical (unpaired) electrons. The Morgan fingerprint density at radius 2 is 1.86 bits per heavy atom. The smallest absolute Gasteiger partial charge is 0.276 e. The number of nitrogens with zero attached hydrogens (tertiary/aromatic N) is 6. The van der Waals surface area contributed by atoms with E-state index in [9.17, 15) is 4.79 Å². The van der Waals surface area contributed by atoms with Gasteiger partial charge in [0.1, 0.15) is 0 Å². The van der Waals surface area contributed by atoms with E-state index in [1.54, 1.807) is 10.9 Å². The summed E-state index contributed by atoms with van der Waals surface area (Å²) in [6.07, 6.45) is 2.89. The zero-order valence-corrected chi connectivity index (χ0v) is 17.3. The van der Waals surface area contributed by atoms with Gasteiger partial charge in [-0.05, 0) is 38.5 Å². The molecule has 2 aromatic rings. The third kappa shape index (κ3) is 5.62. The largest absolute Gasteiger partial charge is 0.335 e. The zero-order chi connectivity index (χ0) is 19.9. The number of benzene rings is 1. The Bertz CT molecular complexity index is 738. The van der Waals surface area contributed by atoms with Crippen LogP contribution in [0.3, 0.4) is 0 Å². The van der Waals surface area contributed by atoms with Crippen molar-refractivity contribution in [3.8, 4) is 0 Å². The van der Waals surface area contributed by atoms with Gasteiger partial charge in [-0.2, -0.15) is 0 Å². The molecule has 28 heavy (non-hydrogen) atoms. The molecule has 0 unspecified atom stereocenters. The molecule has 3 rings (SSSR count). The molecule has 1 fully saturated rings. The first-order valence-electron chi connectivity index (χ1n) is 10.1. The van der Waals surface area contributed by atoms with Crippen LogP contribution in [0, 0.1) is 0 Å². The van der Waals surface area contributed by atoms with Crippen molar-refractivity contribution in [3.05, 3.63) is 47.8 Å². The van der Waals surface area contributed by atoms with Gasteiger partial charge in [-0.1, -0.05) is 42.5 Å². The number of amides is 1. The van der Waals surface area contributed by atoms with Gasteiger partial charge >= 0.3 is 0 Å². The van der Waals surface area contributed by atoms with E-state index >= 15 is 0 Å². The Morgan fingerprint density at radius 1 is 1.14 bits per heavy atom. The van der Waals surface area contributed by atoms with Crippen LogP contribution in [0.1, 0.15) is 35.3 Å². The molecule has 0 spiro atoms. The Labute approximate surface area is 167 Å². The van der Waals surface area contributed by atoms with E-state index in [-0.39, 0.29) is 5.91 Å². The summed E-state index contributed by atoms with van der Waals surface area (Å²) in [5.74, 6) is 0.534. The van der Waals surface area contributed by atoms with Gasteiger partial charge in [-0.3, -0.25) is 9.48 Å². The predicted octanol–water partition coefficient (Wildman–Crippen LogP) is 1.79. The van der Waals surface area contributed by atoms with Crippen LogP contribution in [0.4, 0.5) is 0 Å². The summed E-state index contributed by atoms with van der Waals surface area (Å²) >= 11 is 0. The van der Waals surface area contributed by atoms with Crippen LogP contribution in [0.25, 0.3) is 0 Å². The second kappa shape index (κ2) is 9.80. The number of hydrogen-bond acceptors (Lipinski definition) is 5. The fraction of sp³-hybridized carbons (Fsp3) is 0.571. The summed E-state index contributed by atoms with van der Waals surface area (Å²) < 4.78 is 1.78. The number of likely N-dealkylation sites (N-methyl/N-ethyl adjacent to an activating group) is 2. The van der Waals surface area contributed by atoms with Crippen LogP contribution in [0.5, 0.6) is 0 Å². The molecule has 0 bridgehead atoms. The zero-order valence-electron chi connectivity index (χ0n) is 17.3. The Kier molecular flexibility index (Phi) is 7.17. The van der Waals surface area contributed by atoms with E-state index in [0.29, 0.717) is 11.6 Å². The number of rotatable bonds is 8. The maximum Gasteiger partial charge on any atom is 0.276 e. The number of piperazine rings is 1. The molecule has 0 saturated carbocycles. The molecule has 7 nitrogen and oxygen atoms in total. The molecule has 7 heteroatoms. The summed E-state index contributed by atoms with van der Waals surface area (Å²) in [6, 6.07) is 10.6. The van der Waals surface area contributed by atoms with Gasteiger partial charge in [0, 0.05) is 32.7 Å². The molecule has 1 saturated heterocycles. The van der Waals surface area contributed by atoms with Crippen LogP contribution in [0.2, 0.25) is 0 Å². The number of carbonyl (C=O) groups excluding carboxylic acids is 1.